The number of ether oxygens (including phenoxy) is 1. The van der Waals surface area contributed by atoms with Crippen LogP contribution >= 0.6 is 0 Å². The summed E-state index contributed by atoms with van der Waals surface area (Å²) in [6, 6.07) is 0. The van der Waals surface area contributed by atoms with Crippen LogP contribution in [0.2, 0.25) is 0 Å². The first kappa shape index (κ1) is 7.14. The van der Waals surface area contributed by atoms with E-state index in [1.807, 2.05) is 0 Å². The lowest BCUT2D eigenvalue weighted by Crippen LogP contribution is -2.38. The molecule has 0 unspecified atom stereocenters. The van der Waals surface area contributed by atoms with Gasteiger partial charge in [0.1, 0.15) is 13.6 Å². The second-order valence-corrected chi connectivity index (χ2v) is 1.97. The van der Waals surface area contributed by atoms with Crippen molar-refractivity contribution in [2.75, 3.05) is 13.7 Å². The molecule has 5 heteroatoms. The molecule has 0 bridgehead atoms. The van der Waals surface area contributed by atoms with E-state index in [0.717, 1.165) is 6.54 Å². The van der Waals surface area contributed by atoms with Crippen molar-refractivity contribution < 1.29 is 9.42 Å². The fourth-order valence-corrected chi connectivity index (χ4v) is 0.634. The van der Waals surface area contributed by atoms with Gasteiger partial charge in [0, 0.05) is 7.11 Å². The highest BCUT2D eigenvalue weighted by Gasteiger charge is 2.00. The summed E-state index contributed by atoms with van der Waals surface area (Å²) >= 11 is 0. The quantitative estimate of drug-likeness (QED) is 0.496. The monoisotopic (exact) mass is 143 g/mol. The van der Waals surface area contributed by atoms with E-state index in [0.29, 0.717) is 6.61 Å². The lowest BCUT2D eigenvalue weighted by Gasteiger charge is -1.90. The zero-order valence-electron chi connectivity index (χ0n) is 6.19. The average molecular weight is 143 g/mol. The minimum atomic E-state index is 0.670. The van der Waals surface area contributed by atoms with Crippen molar-refractivity contribution in [1.82, 2.24) is 15.1 Å². The number of tetrazole rings is 1. The van der Waals surface area contributed by atoms with E-state index in [9.17, 15) is 0 Å². The number of nitrogens with zero attached hydrogens (tertiary/aromatic N) is 4. The van der Waals surface area contributed by atoms with Gasteiger partial charge in [0.15, 0.2) is 0 Å². The fourth-order valence-electron chi connectivity index (χ4n) is 0.634. The maximum atomic E-state index is 4.86. The smallest absolute Gasteiger partial charge is 0.286 e. The Balaban J connectivity index is 2.42. The van der Waals surface area contributed by atoms with Gasteiger partial charge < -0.3 is 4.74 Å². The van der Waals surface area contributed by atoms with Crippen LogP contribution in [0.25, 0.3) is 0 Å². The van der Waals surface area contributed by atoms with E-state index in [1.165, 1.54) is 4.80 Å². The van der Waals surface area contributed by atoms with Gasteiger partial charge >= 0.3 is 0 Å². The average Bonchev–Trinajstić information content (AvgIpc) is 2.31. The summed E-state index contributed by atoms with van der Waals surface area (Å²) in [5.74, 6) is 0. The molecule has 0 spiro atoms. The molecular weight excluding hydrogens is 132 g/mol. The first-order valence-corrected chi connectivity index (χ1v) is 3.08. The number of hydrogen-bond acceptors (Lipinski definition) is 3. The molecule has 56 valence electrons. The van der Waals surface area contributed by atoms with E-state index >= 15 is 0 Å². The lowest BCUT2D eigenvalue weighted by molar-refractivity contribution is -0.756. The third-order valence-corrected chi connectivity index (χ3v) is 1.12. The normalized spacial score (nSPS) is 10.2. The maximum absolute atomic E-state index is 4.86. The molecule has 0 saturated heterocycles. The van der Waals surface area contributed by atoms with Crippen LogP contribution in [0.1, 0.15) is 0 Å². The minimum absolute atomic E-state index is 0.670. The van der Waals surface area contributed by atoms with Gasteiger partial charge in [-0.05, 0) is 4.80 Å². The van der Waals surface area contributed by atoms with Crippen molar-refractivity contribution in [2.45, 2.75) is 6.54 Å². The molecule has 0 aromatic carbocycles. The van der Waals surface area contributed by atoms with Crippen molar-refractivity contribution in [3.8, 4) is 0 Å². The molecule has 0 saturated carbocycles. The van der Waals surface area contributed by atoms with Crippen LogP contribution in [0, 0.1) is 0 Å². The summed E-state index contributed by atoms with van der Waals surface area (Å²) in [4.78, 5) is 1.51. The Labute approximate surface area is 59.2 Å². The molecule has 10 heavy (non-hydrogen) atoms. The molecule has 0 N–H and O–H groups in total. The predicted octanol–water partition coefficient (Wildman–Crippen LogP) is -1.25. The Morgan fingerprint density at radius 3 is 3.00 bits per heavy atom. The second-order valence-electron chi connectivity index (χ2n) is 1.97. The van der Waals surface area contributed by atoms with Crippen LogP contribution in [-0.4, -0.2) is 28.8 Å². The molecule has 0 aliphatic rings. The van der Waals surface area contributed by atoms with E-state index < -0.39 is 0 Å². The van der Waals surface area contributed by atoms with Crippen molar-refractivity contribution in [1.29, 1.82) is 0 Å². The summed E-state index contributed by atoms with van der Waals surface area (Å²) < 4.78 is 6.58. The van der Waals surface area contributed by atoms with Gasteiger partial charge in [-0.2, -0.15) is 0 Å². The lowest BCUT2D eigenvalue weighted by atomic mass is 10.7. The zero-order valence-corrected chi connectivity index (χ0v) is 6.19. The van der Waals surface area contributed by atoms with Crippen LogP contribution in [-0.2, 0) is 18.3 Å². The van der Waals surface area contributed by atoms with Gasteiger partial charge in [-0.15, -0.1) is 4.68 Å². The largest absolute Gasteiger partial charge is 0.381 e. The Morgan fingerprint density at radius 2 is 2.50 bits per heavy atom. The summed E-state index contributed by atoms with van der Waals surface area (Å²) in [5, 5.41) is 7.87. The first-order chi connectivity index (χ1) is 4.83. The molecule has 0 aliphatic heterocycles. The van der Waals surface area contributed by atoms with Crippen LogP contribution in [0.5, 0.6) is 0 Å². The summed E-state index contributed by atoms with van der Waals surface area (Å²) in [6.07, 6.45) is 1.67. The minimum Gasteiger partial charge on any atom is -0.381 e. The molecule has 0 atom stereocenters. The van der Waals surface area contributed by atoms with E-state index in [4.69, 9.17) is 4.74 Å². The molecular formula is C5H11N4O+. The summed E-state index contributed by atoms with van der Waals surface area (Å²) in [5.41, 5.74) is 0. The summed E-state index contributed by atoms with van der Waals surface area (Å²) in [7, 11) is 3.44. The van der Waals surface area contributed by atoms with Crippen LogP contribution in [0.4, 0.5) is 0 Å². The molecule has 0 amide bonds. The fraction of sp³-hybridized carbons (Fsp3) is 0.800. The van der Waals surface area contributed by atoms with Gasteiger partial charge in [-0.3, -0.25) is 0 Å². The van der Waals surface area contributed by atoms with Gasteiger partial charge in [-0.1, -0.05) is 0 Å². The van der Waals surface area contributed by atoms with Crippen molar-refractivity contribution in [3.63, 3.8) is 0 Å². The van der Waals surface area contributed by atoms with Gasteiger partial charge in [0.25, 0.3) is 6.33 Å². The van der Waals surface area contributed by atoms with Gasteiger partial charge in [0.05, 0.1) is 16.9 Å². The van der Waals surface area contributed by atoms with Crippen molar-refractivity contribution >= 4 is 0 Å². The van der Waals surface area contributed by atoms with Gasteiger partial charge in [-0.25, -0.2) is 0 Å². The Hall–Kier alpha value is -0.970. The SMILES string of the molecule is COCC[n+]1cnn(C)n1. The zero-order chi connectivity index (χ0) is 7.40. The number of aromatic nitrogens is 4. The number of aryl methyl sites for hydroxylation is 1. The van der Waals surface area contributed by atoms with E-state index in [-0.39, 0.29) is 0 Å². The molecule has 0 radical (unpaired) electrons. The first-order valence-electron chi connectivity index (χ1n) is 3.08. The van der Waals surface area contributed by atoms with Crippen molar-refractivity contribution in [3.05, 3.63) is 6.33 Å². The Kier molecular flexibility index (Phi) is 2.33. The van der Waals surface area contributed by atoms with Crippen LogP contribution < -0.4 is 4.68 Å². The molecule has 0 aliphatic carbocycles. The topological polar surface area (TPSA) is 43.8 Å². The van der Waals surface area contributed by atoms with Crippen molar-refractivity contribution in [2.24, 2.45) is 7.05 Å². The van der Waals surface area contributed by atoms with Gasteiger partial charge in [0.2, 0.25) is 0 Å². The molecule has 1 heterocycles. The van der Waals surface area contributed by atoms with Crippen LogP contribution in [0.15, 0.2) is 6.33 Å². The standard InChI is InChI=1S/C5H11N4O/c1-8-6-5-9(7-8)3-4-10-2/h5H,3-4H2,1-2H3/q+1. The molecule has 5 nitrogen and oxygen atoms in total. The molecule has 1 aromatic heterocycles. The highest BCUT2D eigenvalue weighted by Crippen LogP contribution is 1.66. The highest BCUT2D eigenvalue weighted by atomic mass is 16.5. The molecule has 1 aromatic rings. The number of hydrogen-bond donors (Lipinski definition) is 0. The van der Waals surface area contributed by atoms with E-state index in [1.54, 1.807) is 25.2 Å². The number of methoxy groups -OCH3 is 1. The third-order valence-electron chi connectivity index (χ3n) is 1.12. The maximum Gasteiger partial charge on any atom is 0.286 e. The Morgan fingerprint density at radius 1 is 1.70 bits per heavy atom. The van der Waals surface area contributed by atoms with E-state index in [2.05, 4.69) is 10.3 Å². The highest BCUT2D eigenvalue weighted by molar-refractivity contribution is 4.21. The molecule has 0 fully saturated rings. The predicted molar refractivity (Wildman–Crippen MR) is 33.1 cm³/mol. The third kappa shape index (κ3) is 1.77. The second kappa shape index (κ2) is 3.26. The Bertz CT molecular complexity index is 197. The molecule has 1 rings (SSSR count). The summed E-state index contributed by atoms with van der Waals surface area (Å²) in [6.45, 7) is 1.42. The van der Waals surface area contributed by atoms with Crippen LogP contribution in [0.3, 0.4) is 0 Å². The number of rotatable bonds is 3.